The number of nitrogens with zero attached hydrogens (tertiary/aromatic N) is 3. The zero-order chi connectivity index (χ0) is 14.9. The Morgan fingerprint density at radius 1 is 1.36 bits per heavy atom. The van der Waals surface area contributed by atoms with Crippen molar-refractivity contribution in [1.29, 1.82) is 0 Å². The van der Waals surface area contributed by atoms with Gasteiger partial charge in [0.1, 0.15) is 5.75 Å². The fraction of sp³-hybridized carbons (Fsp3) is 0.250. The highest BCUT2D eigenvalue weighted by Gasteiger charge is 2.26. The van der Waals surface area contributed by atoms with Crippen LogP contribution in [0.25, 0.3) is 5.69 Å². The molecule has 0 aliphatic carbocycles. The van der Waals surface area contributed by atoms with Crippen molar-refractivity contribution in [2.75, 3.05) is 13.7 Å². The second kappa shape index (κ2) is 5.31. The van der Waals surface area contributed by atoms with E-state index in [9.17, 15) is 0 Å². The van der Waals surface area contributed by atoms with Crippen molar-refractivity contribution in [3.05, 3.63) is 59.9 Å². The molecule has 3 heterocycles. The number of rotatable bonds is 3. The number of hydrogen-bond acceptors (Lipinski definition) is 4. The molecule has 0 saturated heterocycles. The lowest BCUT2D eigenvalue weighted by atomic mass is 9.96. The SMILES string of the molecule is COc1ccc(-n2cccn2)c([C@H]2NCCc3[nH]cnc32)c1. The average Bonchev–Trinajstić information content (AvgIpc) is 3.25. The summed E-state index contributed by atoms with van der Waals surface area (Å²) >= 11 is 0. The number of hydrogen-bond donors (Lipinski definition) is 2. The number of fused-ring (bicyclic) bond motifs is 1. The Kier molecular flexibility index (Phi) is 3.16. The largest absolute Gasteiger partial charge is 0.497 e. The minimum Gasteiger partial charge on any atom is -0.497 e. The fourth-order valence-electron chi connectivity index (χ4n) is 2.99. The third-order valence-corrected chi connectivity index (χ3v) is 4.05. The predicted molar refractivity (Wildman–Crippen MR) is 82.3 cm³/mol. The number of aromatic nitrogens is 4. The lowest BCUT2D eigenvalue weighted by molar-refractivity contribution is 0.413. The summed E-state index contributed by atoms with van der Waals surface area (Å²) in [5.74, 6) is 0.829. The highest BCUT2D eigenvalue weighted by molar-refractivity contribution is 5.50. The van der Waals surface area contributed by atoms with Gasteiger partial charge in [-0.2, -0.15) is 5.10 Å². The van der Waals surface area contributed by atoms with E-state index in [1.807, 2.05) is 29.1 Å². The molecule has 6 heteroatoms. The smallest absolute Gasteiger partial charge is 0.119 e. The Balaban J connectivity index is 1.87. The van der Waals surface area contributed by atoms with Gasteiger partial charge in [0, 0.05) is 36.6 Å². The van der Waals surface area contributed by atoms with Crippen molar-refractivity contribution in [1.82, 2.24) is 25.1 Å². The zero-order valence-electron chi connectivity index (χ0n) is 12.3. The normalized spacial score (nSPS) is 17.2. The maximum absolute atomic E-state index is 5.40. The van der Waals surface area contributed by atoms with E-state index in [1.165, 1.54) is 5.69 Å². The number of imidazole rings is 1. The quantitative estimate of drug-likeness (QED) is 0.773. The second-order valence-corrected chi connectivity index (χ2v) is 5.28. The molecule has 6 nitrogen and oxygen atoms in total. The summed E-state index contributed by atoms with van der Waals surface area (Å²) in [7, 11) is 1.68. The van der Waals surface area contributed by atoms with Crippen LogP contribution < -0.4 is 10.1 Å². The number of methoxy groups -OCH3 is 1. The maximum Gasteiger partial charge on any atom is 0.119 e. The molecule has 0 radical (unpaired) electrons. The summed E-state index contributed by atoms with van der Waals surface area (Å²) in [5.41, 5.74) is 4.38. The van der Waals surface area contributed by atoms with Gasteiger partial charge in [-0.15, -0.1) is 0 Å². The third kappa shape index (κ3) is 2.08. The molecular weight excluding hydrogens is 278 g/mol. The van der Waals surface area contributed by atoms with Crippen molar-refractivity contribution in [2.45, 2.75) is 12.5 Å². The van der Waals surface area contributed by atoms with E-state index in [1.54, 1.807) is 19.6 Å². The molecule has 1 aliphatic heterocycles. The molecule has 4 rings (SSSR count). The van der Waals surface area contributed by atoms with Gasteiger partial charge >= 0.3 is 0 Å². The molecule has 1 aliphatic rings. The van der Waals surface area contributed by atoms with Crippen molar-refractivity contribution in [2.24, 2.45) is 0 Å². The van der Waals surface area contributed by atoms with E-state index in [0.717, 1.165) is 35.7 Å². The summed E-state index contributed by atoms with van der Waals surface area (Å²) in [6.07, 6.45) is 6.45. The summed E-state index contributed by atoms with van der Waals surface area (Å²) in [6.45, 7) is 0.912. The zero-order valence-corrected chi connectivity index (χ0v) is 12.3. The number of ether oxygens (including phenoxy) is 1. The van der Waals surface area contributed by atoms with Crippen LogP contribution in [0, 0.1) is 0 Å². The molecule has 2 aromatic heterocycles. The molecular formula is C16H17N5O. The van der Waals surface area contributed by atoms with Gasteiger partial charge in [-0.25, -0.2) is 9.67 Å². The molecule has 0 spiro atoms. The van der Waals surface area contributed by atoms with Crippen LogP contribution in [0.1, 0.15) is 23.0 Å². The van der Waals surface area contributed by atoms with Crippen molar-refractivity contribution in [3.63, 3.8) is 0 Å². The van der Waals surface area contributed by atoms with Gasteiger partial charge in [0.25, 0.3) is 0 Å². The number of nitrogens with one attached hydrogen (secondary N) is 2. The van der Waals surface area contributed by atoms with E-state index in [0.29, 0.717) is 0 Å². The number of H-pyrrole nitrogens is 1. The van der Waals surface area contributed by atoms with Crippen molar-refractivity contribution in [3.8, 4) is 11.4 Å². The van der Waals surface area contributed by atoms with Gasteiger partial charge in [0.2, 0.25) is 0 Å². The third-order valence-electron chi connectivity index (χ3n) is 4.05. The minimum atomic E-state index is 0.0318. The van der Waals surface area contributed by atoms with Gasteiger partial charge < -0.3 is 15.0 Å². The van der Waals surface area contributed by atoms with Crippen LogP contribution in [0.5, 0.6) is 5.75 Å². The Labute approximate surface area is 128 Å². The molecule has 0 amide bonds. The topological polar surface area (TPSA) is 67.8 Å². The molecule has 0 unspecified atom stereocenters. The lowest BCUT2D eigenvalue weighted by Crippen LogP contribution is -2.31. The van der Waals surface area contributed by atoms with E-state index in [-0.39, 0.29) is 6.04 Å². The lowest BCUT2D eigenvalue weighted by Gasteiger charge is -2.25. The summed E-state index contributed by atoms with van der Waals surface area (Å²) in [6, 6.07) is 7.99. The number of aromatic amines is 1. The van der Waals surface area contributed by atoms with Gasteiger partial charge in [0.15, 0.2) is 0 Å². The first-order valence-corrected chi connectivity index (χ1v) is 7.30. The van der Waals surface area contributed by atoms with E-state index >= 15 is 0 Å². The minimum absolute atomic E-state index is 0.0318. The standard InChI is InChI=1S/C16H17N5O/c1-22-11-3-4-14(21-8-2-6-20-21)12(9-11)15-16-13(5-7-17-15)18-10-19-16/h2-4,6,8-10,15,17H,5,7H2,1H3,(H,18,19)/t15-/m1/s1. The van der Waals surface area contributed by atoms with Crippen LogP contribution in [-0.2, 0) is 6.42 Å². The summed E-state index contributed by atoms with van der Waals surface area (Å²) in [5, 5.41) is 7.91. The van der Waals surface area contributed by atoms with Crippen LogP contribution in [0.2, 0.25) is 0 Å². The molecule has 2 N–H and O–H groups in total. The molecule has 0 fully saturated rings. The molecule has 22 heavy (non-hydrogen) atoms. The molecule has 1 aromatic carbocycles. The summed E-state index contributed by atoms with van der Waals surface area (Å²) in [4.78, 5) is 7.74. The van der Waals surface area contributed by atoms with Crippen molar-refractivity contribution < 1.29 is 4.74 Å². The first kappa shape index (κ1) is 13.1. The van der Waals surface area contributed by atoms with Gasteiger partial charge in [0.05, 0.1) is 30.9 Å². The second-order valence-electron chi connectivity index (χ2n) is 5.28. The van der Waals surface area contributed by atoms with E-state index < -0.39 is 0 Å². The van der Waals surface area contributed by atoms with Crippen LogP contribution in [0.3, 0.4) is 0 Å². The highest BCUT2D eigenvalue weighted by atomic mass is 16.5. The molecule has 0 saturated carbocycles. The maximum atomic E-state index is 5.40. The Morgan fingerprint density at radius 2 is 2.32 bits per heavy atom. The Hall–Kier alpha value is -2.60. The molecule has 0 bridgehead atoms. The Bertz CT molecular complexity index is 778. The molecule has 3 aromatic rings. The van der Waals surface area contributed by atoms with Crippen LogP contribution >= 0.6 is 0 Å². The summed E-state index contributed by atoms with van der Waals surface area (Å²) < 4.78 is 7.27. The first-order chi connectivity index (χ1) is 10.9. The van der Waals surface area contributed by atoms with E-state index in [4.69, 9.17) is 4.74 Å². The van der Waals surface area contributed by atoms with Crippen LogP contribution in [0.4, 0.5) is 0 Å². The first-order valence-electron chi connectivity index (χ1n) is 7.30. The Morgan fingerprint density at radius 3 is 3.14 bits per heavy atom. The van der Waals surface area contributed by atoms with Gasteiger partial charge in [-0.3, -0.25) is 0 Å². The fourth-order valence-corrected chi connectivity index (χ4v) is 2.99. The van der Waals surface area contributed by atoms with Crippen LogP contribution in [-0.4, -0.2) is 33.4 Å². The highest BCUT2D eigenvalue weighted by Crippen LogP contribution is 2.32. The monoisotopic (exact) mass is 295 g/mol. The molecule has 112 valence electrons. The molecule has 1 atom stereocenters. The van der Waals surface area contributed by atoms with E-state index in [2.05, 4.69) is 26.4 Å². The van der Waals surface area contributed by atoms with Gasteiger partial charge in [-0.05, 0) is 24.3 Å². The average molecular weight is 295 g/mol. The van der Waals surface area contributed by atoms with Gasteiger partial charge in [-0.1, -0.05) is 0 Å². The van der Waals surface area contributed by atoms with Crippen molar-refractivity contribution >= 4 is 0 Å². The number of benzene rings is 1. The predicted octanol–water partition coefficient (Wildman–Crippen LogP) is 1.84. The van der Waals surface area contributed by atoms with Crippen LogP contribution in [0.15, 0.2) is 43.0 Å².